The molecule has 0 aliphatic heterocycles. The van der Waals surface area contributed by atoms with Gasteiger partial charge in [-0.15, -0.1) is 0 Å². The largest absolute Gasteiger partial charge is 0.547 e. The minimum Gasteiger partial charge on any atom is -0.547 e. The zero-order chi connectivity index (χ0) is 37.8. The molecule has 4 aromatic carbocycles. The number of ether oxygens (including phenoxy) is 6. The van der Waals surface area contributed by atoms with Gasteiger partial charge in [0.2, 0.25) is 0 Å². The quantitative estimate of drug-likeness (QED) is 0.0409. The average Bonchev–Trinajstić information content (AvgIpc) is 3.47. The smallest absolute Gasteiger partial charge is 0.333 e. The van der Waals surface area contributed by atoms with Crippen LogP contribution in [-0.2, 0) is 394 Å². The van der Waals surface area contributed by atoms with E-state index in [1.54, 1.807) is 0 Å². The van der Waals surface area contributed by atoms with Gasteiger partial charge in [0.1, 0.15) is 36.9 Å². The summed E-state index contributed by atoms with van der Waals surface area (Å²) in [5.74, 6) is 0.153. The predicted molar refractivity (Wildman–Crippen MR) is 199 cm³/mol. The SMILES string of the molecule is C=C(C)C(=O)OCC(O)CO[CH-]COc1ccc(C2(c3ccc(OC[CH-]OCC(O)COC(=O)C(=C)C)cc3)c3ccccc3-c3ccccc32)cc1.[Y].[Y].[Y].[Y].[Y].[Y].[Y].[Y].[Y].[Y].[Y]. The summed E-state index contributed by atoms with van der Waals surface area (Å²) in [4.78, 5) is 23.0. The van der Waals surface area contributed by atoms with Gasteiger partial charge in [0.05, 0.1) is 5.41 Å². The maximum absolute atomic E-state index is 11.5. The fraction of sp³-hybridized carbons (Fsp3) is 0.256. The Hall–Kier alpha value is 6.88. The number of benzene rings is 4. The summed E-state index contributed by atoms with van der Waals surface area (Å²) in [5, 5.41) is 20.0. The van der Waals surface area contributed by atoms with Crippen LogP contribution >= 0.6 is 0 Å². The number of aliphatic hydroxyl groups excluding tert-OH is 2. The fourth-order valence-corrected chi connectivity index (χ4v) is 6.03. The summed E-state index contributed by atoms with van der Waals surface area (Å²) in [6.45, 7) is 12.8. The molecule has 4 aromatic rings. The molecule has 0 heterocycles. The van der Waals surface area contributed by atoms with E-state index >= 15 is 0 Å². The Labute approximate surface area is 655 Å². The van der Waals surface area contributed by atoms with Gasteiger partial charge in [0.25, 0.3) is 0 Å². The zero-order valence-corrected chi connectivity index (χ0v) is 67.4. The fourth-order valence-electron chi connectivity index (χ4n) is 6.03. The summed E-state index contributed by atoms with van der Waals surface area (Å²) in [6, 6.07) is 32.8. The molecule has 21 heteroatoms. The van der Waals surface area contributed by atoms with Crippen molar-refractivity contribution in [3.8, 4) is 22.6 Å². The van der Waals surface area contributed by atoms with E-state index < -0.39 is 29.6 Å². The molecule has 0 saturated carbocycles. The van der Waals surface area contributed by atoms with Gasteiger partial charge in [-0.2, -0.15) is 13.2 Å². The molecule has 2 N–H and O–H groups in total. The minimum atomic E-state index is -0.979. The third-order valence-electron chi connectivity index (χ3n) is 8.49. The number of esters is 2. The van der Waals surface area contributed by atoms with Crippen molar-refractivity contribution in [2.45, 2.75) is 31.5 Å². The number of hydrogen-bond acceptors (Lipinski definition) is 10. The van der Waals surface area contributed by atoms with Crippen LogP contribution in [0.3, 0.4) is 0 Å². The van der Waals surface area contributed by atoms with Crippen LogP contribution in [0, 0.1) is 13.2 Å². The molecule has 0 aromatic heterocycles. The van der Waals surface area contributed by atoms with Gasteiger partial charge in [-0.1, -0.05) is 86.0 Å². The summed E-state index contributed by atoms with van der Waals surface area (Å²) < 4.78 is 32.4. The predicted octanol–water partition coefficient (Wildman–Crippen LogP) is 6.10. The molecular formula is C43H44O10Y11-2. The Morgan fingerprint density at radius 3 is 1.14 bits per heavy atom. The second-order valence-corrected chi connectivity index (χ2v) is 12.6. The number of fused-ring (bicyclic) bond motifs is 3. The number of carbonyl (C=O) groups is 2. The molecule has 2 unspecified atom stereocenters. The summed E-state index contributed by atoms with van der Waals surface area (Å²) in [5.41, 5.74) is 6.65. The van der Waals surface area contributed by atoms with Gasteiger partial charge in [-0.05, 0) is 84.7 Å². The first-order chi connectivity index (χ1) is 25.6. The first kappa shape index (κ1) is 84.8. The first-order valence-electron chi connectivity index (χ1n) is 17.1. The molecular weight excluding hydrogens is 1650 g/mol. The minimum absolute atomic E-state index is 0. The van der Waals surface area contributed by atoms with Crippen LogP contribution in [0.1, 0.15) is 36.1 Å². The van der Waals surface area contributed by atoms with E-state index in [1.165, 1.54) is 27.1 Å². The van der Waals surface area contributed by atoms with Crippen molar-refractivity contribution in [1.82, 2.24) is 0 Å². The van der Waals surface area contributed by atoms with Gasteiger partial charge in [0.15, 0.2) is 0 Å². The Bertz CT molecular complexity index is 1770. The van der Waals surface area contributed by atoms with Crippen molar-refractivity contribution >= 4 is 11.9 Å². The van der Waals surface area contributed by atoms with Crippen molar-refractivity contribution in [3.63, 3.8) is 0 Å². The molecule has 11 radical (unpaired) electrons. The molecule has 5 rings (SSSR count). The van der Waals surface area contributed by atoms with Crippen molar-refractivity contribution in [2.75, 3.05) is 39.6 Å². The second-order valence-electron chi connectivity index (χ2n) is 12.6. The average molecular weight is 1700 g/mol. The standard InChI is InChI=1S/C43H44O10.11Y/c1-29(2)41(46)52-27-33(44)25-48-21-23-50-35-17-13-31(14-18-35)43(39-11-7-5-9-37(39)38-10-6-8-12-40(38)43)32-15-19-36(20-16-32)51-24-22-49-26-34(45)28-53-42(47)30(3)4;;;;;;;;;;;/h5-22,33-34,44-45H,1,3,23-28H2,2,4H3;;;;;;;;;;;/q-2;;;;;;;;;;;. The summed E-state index contributed by atoms with van der Waals surface area (Å²) >= 11 is 0. The van der Waals surface area contributed by atoms with Crippen molar-refractivity contribution in [2.24, 2.45) is 0 Å². The normalized spacial score (nSPS) is 11.2. The molecule has 0 fully saturated rings. The van der Waals surface area contributed by atoms with Crippen LogP contribution in [0.5, 0.6) is 11.5 Å². The molecule has 0 bridgehead atoms. The van der Waals surface area contributed by atoms with Crippen LogP contribution in [-0.4, -0.2) is 74.0 Å². The monoisotopic (exact) mass is 1700 g/mol. The summed E-state index contributed by atoms with van der Waals surface area (Å²) in [7, 11) is 0. The Kier molecular flexibility index (Phi) is 61.0. The molecule has 0 amide bonds. The van der Waals surface area contributed by atoms with E-state index in [-0.39, 0.29) is 411 Å². The van der Waals surface area contributed by atoms with Crippen LogP contribution < -0.4 is 9.47 Å². The van der Waals surface area contributed by atoms with E-state index in [2.05, 4.69) is 86.0 Å². The van der Waals surface area contributed by atoms with Crippen molar-refractivity contribution in [1.29, 1.82) is 0 Å². The molecule has 1 aliphatic carbocycles. The van der Waals surface area contributed by atoms with Gasteiger partial charge in [-0.3, -0.25) is 0 Å². The Morgan fingerprint density at radius 2 is 0.828 bits per heavy atom. The zero-order valence-electron chi connectivity index (χ0n) is 36.2. The summed E-state index contributed by atoms with van der Waals surface area (Å²) in [6.07, 6.45) is -1.96. The van der Waals surface area contributed by atoms with Crippen LogP contribution in [0.2, 0.25) is 0 Å². The molecule has 10 nitrogen and oxygen atoms in total. The van der Waals surface area contributed by atoms with E-state index in [4.69, 9.17) is 28.4 Å². The number of hydrogen-bond donors (Lipinski definition) is 2. The Morgan fingerprint density at radius 1 is 0.516 bits per heavy atom. The number of aliphatic hydroxyl groups is 2. The topological polar surface area (TPSA) is 130 Å². The second kappa shape index (κ2) is 46.0. The van der Waals surface area contributed by atoms with E-state index in [1.807, 2.05) is 24.3 Å². The van der Waals surface area contributed by atoms with Gasteiger partial charge in [0, 0.05) is 384 Å². The van der Waals surface area contributed by atoms with E-state index in [0.29, 0.717) is 11.5 Å². The van der Waals surface area contributed by atoms with Crippen LogP contribution in [0.25, 0.3) is 11.1 Å². The third-order valence-corrected chi connectivity index (χ3v) is 8.49. The van der Waals surface area contributed by atoms with Crippen LogP contribution in [0.15, 0.2) is 121 Å². The number of carbonyl (C=O) groups excluding carboxylic acids is 2. The molecule has 0 spiro atoms. The maximum Gasteiger partial charge on any atom is 0.333 e. The van der Waals surface area contributed by atoms with E-state index in [9.17, 15) is 19.8 Å². The van der Waals surface area contributed by atoms with Gasteiger partial charge >= 0.3 is 11.9 Å². The maximum atomic E-state index is 11.5. The Balaban J connectivity index is -0.000000591. The molecule has 1 aliphatic rings. The molecule has 0 saturated heterocycles. The molecule has 64 heavy (non-hydrogen) atoms. The van der Waals surface area contributed by atoms with Crippen molar-refractivity contribution < 1.29 is 408 Å². The molecule has 311 valence electrons. The van der Waals surface area contributed by atoms with Crippen LogP contribution in [0.4, 0.5) is 0 Å². The molecule has 2 atom stereocenters. The number of rotatable bonds is 20. The third kappa shape index (κ3) is 25.8. The van der Waals surface area contributed by atoms with Crippen molar-refractivity contribution in [3.05, 3.63) is 157 Å². The van der Waals surface area contributed by atoms with E-state index in [0.717, 1.165) is 33.4 Å². The van der Waals surface area contributed by atoms with Gasteiger partial charge < -0.3 is 38.6 Å². The van der Waals surface area contributed by atoms with Gasteiger partial charge in [-0.25, -0.2) is 9.59 Å². The first-order valence-corrected chi connectivity index (χ1v) is 17.1.